The summed E-state index contributed by atoms with van der Waals surface area (Å²) < 4.78 is 0. The molecule has 2 aliphatic rings. The van der Waals surface area contributed by atoms with Gasteiger partial charge in [0.1, 0.15) is 12.1 Å². The van der Waals surface area contributed by atoms with Gasteiger partial charge in [-0.05, 0) is 54.2 Å². The van der Waals surface area contributed by atoms with Crippen molar-refractivity contribution in [3.8, 4) is 11.3 Å². The summed E-state index contributed by atoms with van der Waals surface area (Å²) >= 11 is 0.904. The van der Waals surface area contributed by atoms with E-state index in [1.54, 1.807) is 12.4 Å². The lowest BCUT2D eigenvalue weighted by Gasteiger charge is -2.34. The summed E-state index contributed by atoms with van der Waals surface area (Å²) in [6.45, 7) is 7.33. The van der Waals surface area contributed by atoms with Crippen LogP contribution in [0.25, 0.3) is 28.2 Å². The molecule has 4 heterocycles. The number of carbonyl (C=O) groups is 2. The number of imide groups is 1. The van der Waals surface area contributed by atoms with Gasteiger partial charge in [-0.2, -0.15) is 0 Å². The van der Waals surface area contributed by atoms with E-state index in [1.807, 2.05) is 36.5 Å². The number of anilines is 1. The summed E-state index contributed by atoms with van der Waals surface area (Å²) in [7, 11) is 0. The molecule has 0 radical (unpaired) electrons. The molecule has 0 atom stereocenters. The van der Waals surface area contributed by atoms with Crippen LogP contribution in [-0.2, 0) is 4.79 Å². The van der Waals surface area contributed by atoms with Crippen LogP contribution in [0.4, 0.5) is 10.6 Å². The van der Waals surface area contributed by atoms with Crippen molar-refractivity contribution in [3.63, 3.8) is 0 Å². The van der Waals surface area contributed by atoms with Crippen LogP contribution in [0.1, 0.15) is 12.5 Å². The number of benzene rings is 1. The van der Waals surface area contributed by atoms with Crippen LogP contribution >= 0.6 is 11.8 Å². The second-order valence-corrected chi connectivity index (χ2v) is 8.69. The number of piperazine rings is 1. The van der Waals surface area contributed by atoms with Crippen LogP contribution in [0.2, 0.25) is 0 Å². The Balaban J connectivity index is 1.44. The van der Waals surface area contributed by atoms with E-state index in [0.29, 0.717) is 4.91 Å². The molecular formula is C23H22N6O2S. The van der Waals surface area contributed by atoms with E-state index in [-0.39, 0.29) is 11.1 Å². The molecule has 0 saturated carbocycles. The number of rotatable bonds is 4. The van der Waals surface area contributed by atoms with Gasteiger partial charge < -0.3 is 9.80 Å². The lowest BCUT2D eigenvalue weighted by molar-refractivity contribution is -0.115. The summed E-state index contributed by atoms with van der Waals surface area (Å²) in [5, 5.41) is 2.79. The topological polar surface area (TPSA) is 91.3 Å². The first-order valence-electron chi connectivity index (χ1n) is 10.5. The number of carbonyl (C=O) groups excluding carboxylic acids is 2. The number of pyridine rings is 1. The Hall–Kier alpha value is -3.30. The summed E-state index contributed by atoms with van der Waals surface area (Å²) in [6, 6.07) is 9.79. The fourth-order valence-corrected chi connectivity index (χ4v) is 4.66. The average Bonchev–Trinajstić information content (AvgIpc) is 3.15. The highest BCUT2D eigenvalue weighted by atomic mass is 32.2. The monoisotopic (exact) mass is 446 g/mol. The van der Waals surface area contributed by atoms with E-state index in [9.17, 15) is 9.59 Å². The van der Waals surface area contributed by atoms with Crippen molar-refractivity contribution in [2.75, 3.05) is 37.6 Å². The van der Waals surface area contributed by atoms with Crippen LogP contribution in [-0.4, -0.2) is 63.7 Å². The Labute approximate surface area is 189 Å². The van der Waals surface area contributed by atoms with Crippen molar-refractivity contribution in [3.05, 3.63) is 53.3 Å². The van der Waals surface area contributed by atoms with Crippen LogP contribution in [0.5, 0.6) is 0 Å². The van der Waals surface area contributed by atoms with Gasteiger partial charge in [-0.1, -0.05) is 13.0 Å². The van der Waals surface area contributed by atoms with E-state index in [0.717, 1.165) is 78.0 Å². The minimum atomic E-state index is -0.371. The molecule has 32 heavy (non-hydrogen) atoms. The molecule has 2 amide bonds. The van der Waals surface area contributed by atoms with Crippen molar-refractivity contribution in [1.82, 2.24) is 25.2 Å². The maximum Gasteiger partial charge on any atom is 0.290 e. The minimum Gasteiger partial charge on any atom is -0.354 e. The standard InChI is InChI=1S/C23H22N6O2S/c1-2-28-7-9-29(10-8-28)20-6-4-16(13-24-20)21-17-11-15(3-5-18(17)25-14-26-21)12-19-22(30)27-23(31)32-19/h3-6,11-14H,2,7-10H2,1H3,(H,27,30,31)/b19-12-. The third-order valence-corrected chi connectivity index (χ3v) is 6.57. The van der Waals surface area contributed by atoms with E-state index in [1.165, 1.54) is 0 Å². The van der Waals surface area contributed by atoms with Crippen molar-refractivity contribution in [2.24, 2.45) is 0 Å². The molecule has 162 valence electrons. The molecular weight excluding hydrogens is 424 g/mol. The first-order chi connectivity index (χ1) is 15.6. The lowest BCUT2D eigenvalue weighted by atomic mass is 10.1. The summed E-state index contributed by atoms with van der Waals surface area (Å²) in [5.41, 5.74) is 3.29. The van der Waals surface area contributed by atoms with Gasteiger partial charge in [-0.15, -0.1) is 0 Å². The zero-order valence-electron chi connectivity index (χ0n) is 17.6. The van der Waals surface area contributed by atoms with Crippen LogP contribution in [0.3, 0.4) is 0 Å². The minimum absolute atomic E-state index is 0.353. The summed E-state index contributed by atoms with van der Waals surface area (Å²) in [4.78, 5) is 42.0. The third-order valence-electron chi connectivity index (χ3n) is 5.76. The highest BCUT2D eigenvalue weighted by molar-refractivity contribution is 8.18. The summed E-state index contributed by atoms with van der Waals surface area (Å²) in [5.74, 6) is 0.603. The number of nitrogens with one attached hydrogen (secondary N) is 1. The largest absolute Gasteiger partial charge is 0.354 e. The molecule has 0 unspecified atom stereocenters. The highest BCUT2D eigenvalue weighted by Crippen LogP contribution is 2.30. The maximum atomic E-state index is 11.9. The lowest BCUT2D eigenvalue weighted by Crippen LogP contribution is -2.46. The molecule has 0 aliphatic carbocycles. The van der Waals surface area contributed by atoms with E-state index in [2.05, 4.69) is 32.0 Å². The fourth-order valence-electron chi connectivity index (χ4n) is 3.97. The van der Waals surface area contributed by atoms with Gasteiger partial charge in [0.2, 0.25) is 0 Å². The van der Waals surface area contributed by atoms with E-state index in [4.69, 9.17) is 4.98 Å². The average molecular weight is 447 g/mol. The van der Waals surface area contributed by atoms with Crippen molar-refractivity contribution >= 4 is 45.7 Å². The van der Waals surface area contributed by atoms with E-state index < -0.39 is 0 Å². The van der Waals surface area contributed by atoms with Gasteiger partial charge in [0, 0.05) is 43.3 Å². The molecule has 8 nitrogen and oxygen atoms in total. The zero-order chi connectivity index (χ0) is 22.1. The molecule has 1 aromatic carbocycles. The molecule has 0 bridgehead atoms. The van der Waals surface area contributed by atoms with Gasteiger partial charge in [0.05, 0.1) is 16.1 Å². The molecule has 2 aromatic heterocycles. The predicted octanol–water partition coefficient (Wildman–Crippen LogP) is 3.16. The first-order valence-corrected chi connectivity index (χ1v) is 11.4. The number of thioether (sulfide) groups is 1. The molecule has 9 heteroatoms. The molecule has 2 aliphatic heterocycles. The number of likely N-dealkylation sites (N-methyl/N-ethyl adjacent to an activating group) is 1. The summed E-state index contributed by atoms with van der Waals surface area (Å²) in [6.07, 6.45) is 5.11. The molecule has 1 N–H and O–H groups in total. The van der Waals surface area contributed by atoms with Gasteiger partial charge in [0.25, 0.3) is 11.1 Å². The fraction of sp³-hybridized carbons (Fsp3) is 0.261. The van der Waals surface area contributed by atoms with Gasteiger partial charge in [-0.3, -0.25) is 14.9 Å². The van der Waals surface area contributed by atoms with Gasteiger partial charge in [0.15, 0.2) is 0 Å². The Morgan fingerprint density at radius 1 is 1.06 bits per heavy atom. The van der Waals surface area contributed by atoms with Crippen LogP contribution in [0, 0.1) is 0 Å². The van der Waals surface area contributed by atoms with Crippen molar-refractivity contribution in [2.45, 2.75) is 6.92 Å². The smallest absolute Gasteiger partial charge is 0.290 e. The molecule has 5 rings (SSSR count). The van der Waals surface area contributed by atoms with Crippen LogP contribution < -0.4 is 10.2 Å². The SMILES string of the molecule is CCN1CCN(c2ccc(-c3ncnc4ccc(/C=C5\SC(=O)NC5=O)cc34)cn2)CC1. The first kappa shape index (κ1) is 20.6. The molecule has 2 saturated heterocycles. The van der Waals surface area contributed by atoms with Crippen LogP contribution in [0.15, 0.2) is 47.8 Å². The quantitative estimate of drug-likeness (QED) is 0.611. The number of nitrogens with zero attached hydrogens (tertiary/aromatic N) is 5. The number of fused-ring (bicyclic) bond motifs is 1. The van der Waals surface area contributed by atoms with Crippen molar-refractivity contribution in [1.29, 1.82) is 0 Å². The Morgan fingerprint density at radius 2 is 1.91 bits per heavy atom. The predicted molar refractivity (Wildman–Crippen MR) is 126 cm³/mol. The second-order valence-electron chi connectivity index (χ2n) is 7.68. The van der Waals surface area contributed by atoms with Crippen molar-refractivity contribution < 1.29 is 9.59 Å². The van der Waals surface area contributed by atoms with Gasteiger partial charge >= 0.3 is 0 Å². The number of hydrogen-bond acceptors (Lipinski definition) is 8. The Bertz CT molecular complexity index is 1220. The third kappa shape index (κ3) is 4.09. The zero-order valence-corrected chi connectivity index (χ0v) is 18.4. The number of hydrogen-bond donors (Lipinski definition) is 1. The molecule has 0 spiro atoms. The molecule has 2 fully saturated rings. The number of amides is 2. The maximum absolute atomic E-state index is 11.9. The Morgan fingerprint density at radius 3 is 2.59 bits per heavy atom. The van der Waals surface area contributed by atoms with E-state index >= 15 is 0 Å². The highest BCUT2D eigenvalue weighted by Gasteiger charge is 2.25. The Kier molecular flexibility index (Phi) is 5.59. The normalized spacial score (nSPS) is 18.5. The molecule has 3 aromatic rings. The van der Waals surface area contributed by atoms with Gasteiger partial charge in [-0.25, -0.2) is 15.0 Å². The second kappa shape index (κ2) is 8.68. The number of aromatic nitrogens is 3.